The van der Waals surface area contributed by atoms with Crippen LogP contribution in [0.4, 0.5) is 0 Å². The van der Waals surface area contributed by atoms with Crippen molar-refractivity contribution in [2.24, 2.45) is 0 Å². The van der Waals surface area contributed by atoms with Crippen molar-refractivity contribution in [3.05, 3.63) is 0 Å². The molecule has 1 rings (SSSR count). The maximum Gasteiger partial charge on any atom is 0.0635 e. The number of likely N-dealkylation sites (tertiary alicyclic amines) is 1. The first kappa shape index (κ1) is 12.5. The predicted molar refractivity (Wildman–Crippen MR) is 62.6 cm³/mol. The van der Waals surface area contributed by atoms with Gasteiger partial charge < -0.3 is 9.80 Å². The zero-order valence-electron chi connectivity index (χ0n) is 9.91. The Bertz CT molecular complexity index is 192. The van der Waals surface area contributed by atoms with E-state index in [1.807, 2.05) is 0 Å². The van der Waals surface area contributed by atoms with Gasteiger partial charge in [0.05, 0.1) is 6.07 Å². The number of rotatable bonds is 7. The average molecular weight is 209 g/mol. The number of nitrogens with zero attached hydrogens (tertiary/aromatic N) is 3. The molecule has 0 unspecified atom stereocenters. The van der Waals surface area contributed by atoms with Crippen LogP contribution in [0.5, 0.6) is 0 Å². The molecular formula is C12H23N3. The van der Waals surface area contributed by atoms with Crippen LogP contribution in [0.3, 0.4) is 0 Å². The van der Waals surface area contributed by atoms with E-state index in [-0.39, 0.29) is 0 Å². The molecule has 86 valence electrons. The summed E-state index contributed by atoms with van der Waals surface area (Å²) in [5.41, 5.74) is 0. The zero-order chi connectivity index (χ0) is 10.9. The maximum atomic E-state index is 8.52. The van der Waals surface area contributed by atoms with Crippen LogP contribution in [0.2, 0.25) is 0 Å². The maximum absolute atomic E-state index is 8.52. The molecule has 0 aromatic heterocycles. The summed E-state index contributed by atoms with van der Waals surface area (Å²) in [6.07, 6.45) is 4.68. The Kier molecular flexibility index (Phi) is 6.38. The van der Waals surface area contributed by atoms with Crippen molar-refractivity contribution in [2.75, 3.05) is 39.3 Å². The van der Waals surface area contributed by atoms with Gasteiger partial charge in [-0.05, 0) is 52.0 Å². The van der Waals surface area contributed by atoms with Gasteiger partial charge in [-0.15, -0.1) is 0 Å². The highest BCUT2D eigenvalue weighted by atomic mass is 15.2. The van der Waals surface area contributed by atoms with Crippen molar-refractivity contribution in [2.45, 2.75) is 32.6 Å². The molecule has 1 saturated heterocycles. The average Bonchev–Trinajstić information content (AvgIpc) is 2.76. The Balaban J connectivity index is 2.03. The SMILES string of the molecule is CCN(CCC#N)CCCN1CCCC1. The molecule has 1 aliphatic rings. The molecule has 0 aromatic rings. The standard InChI is InChI=1S/C12H23N3/c1-2-14(10-5-7-13)11-6-12-15-8-3-4-9-15/h2-6,8-12H2,1H3. The molecule has 0 aromatic carbocycles. The highest BCUT2D eigenvalue weighted by Crippen LogP contribution is 2.07. The van der Waals surface area contributed by atoms with E-state index in [4.69, 9.17) is 5.26 Å². The van der Waals surface area contributed by atoms with E-state index < -0.39 is 0 Å². The second-order valence-electron chi connectivity index (χ2n) is 4.24. The molecular weight excluding hydrogens is 186 g/mol. The Labute approximate surface area is 93.7 Å². The molecule has 15 heavy (non-hydrogen) atoms. The predicted octanol–water partition coefficient (Wildman–Crippen LogP) is 1.71. The summed E-state index contributed by atoms with van der Waals surface area (Å²) in [7, 11) is 0. The normalized spacial score (nSPS) is 17.1. The summed E-state index contributed by atoms with van der Waals surface area (Å²) < 4.78 is 0. The van der Waals surface area contributed by atoms with E-state index in [2.05, 4.69) is 22.8 Å². The number of nitriles is 1. The fraction of sp³-hybridized carbons (Fsp3) is 0.917. The van der Waals surface area contributed by atoms with Crippen LogP contribution in [0.15, 0.2) is 0 Å². The van der Waals surface area contributed by atoms with Gasteiger partial charge in [-0.25, -0.2) is 0 Å². The van der Waals surface area contributed by atoms with Crippen LogP contribution < -0.4 is 0 Å². The van der Waals surface area contributed by atoms with Crippen molar-refractivity contribution in [3.63, 3.8) is 0 Å². The second-order valence-corrected chi connectivity index (χ2v) is 4.24. The number of hydrogen-bond donors (Lipinski definition) is 0. The first-order chi connectivity index (χ1) is 7.36. The lowest BCUT2D eigenvalue weighted by atomic mass is 10.3. The summed E-state index contributed by atoms with van der Waals surface area (Å²) in [6.45, 7) is 9.16. The van der Waals surface area contributed by atoms with Crippen molar-refractivity contribution in [1.29, 1.82) is 5.26 Å². The minimum atomic E-state index is 0.664. The van der Waals surface area contributed by atoms with Crippen LogP contribution >= 0.6 is 0 Å². The molecule has 0 amide bonds. The molecule has 3 nitrogen and oxygen atoms in total. The molecule has 0 N–H and O–H groups in total. The zero-order valence-corrected chi connectivity index (χ0v) is 9.91. The Morgan fingerprint density at radius 3 is 2.60 bits per heavy atom. The topological polar surface area (TPSA) is 30.3 Å². The van der Waals surface area contributed by atoms with Gasteiger partial charge in [-0.2, -0.15) is 5.26 Å². The van der Waals surface area contributed by atoms with Crippen molar-refractivity contribution < 1.29 is 0 Å². The van der Waals surface area contributed by atoms with Crippen molar-refractivity contribution >= 4 is 0 Å². The van der Waals surface area contributed by atoms with Crippen molar-refractivity contribution in [1.82, 2.24) is 9.80 Å². The first-order valence-electron chi connectivity index (χ1n) is 6.18. The van der Waals surface area contributed by atoms with Gasteiger partial charge in [-0.3, -0.25) is 0 Å². The van der Waals surface area contributed by atoms with Crippen LogP contribution in [-0.4, -0.2) is 49.1 Å². The smallest absolute Gasteiger partial charge is 0.0635 e. The quantitative estimate of drug-likeness (QED) is 0.639. The van der Waals surface area contributed by atoms with Gasteiger partial charge in [0.1, 0.15) is 0 Å². The third-order valence-electron chi connectivity index (χ3n) is 3.13. The highest BCUT2D eigenvalue weighted by Gasteiger charge is 2.11. The lowest BCUT2D eigenvalue weighted by molar-refractivity contribution is 0.258. The van der Waals surface area contributed by atoms with Crippen LogP contribution in [0.1, 0.15) is 32.6 Å². The Hall–Kier alpha value is -0.590. The first-order valence-corrected chi connectivity index (χ1v) is 6.18. The van der Waals surface area contributed by atoms with Gasteiger partial charge in [0.15, 0.2) is 0 Å². The van der Waals surface area contributed by atoms with Crippen LogP contribution in [-0.2, 0) is 0 Å². The molecule has 1 fully saturated rings. The fourth-order valence-electron chi connectivity index (χ4n) is 2.16. The minimum absolute atomic E-state index is 0.664. The molecule has 1 heterocycles. The summed E-state index contributed by atoms with van der Waals surface area (Å²) in [4.78, 5) is 4.93. The van der Waals surface area contributed by atoms with E-state index in [0.717, 1.165) is 19.6 Å². The van der Waals surface area contributed by atoms with Crippen molar-refractivity contribution in [3.8, 4) is 6.07 Å². The van der Waals surface area contributed by atoms with E-state index >= 15 is 0 Å². The van der Waals surface area contributed by atoms with E-state index in [1.165, 1.54) is 38.9 Å². The summed E-state index contributed by atoms with van der Waals surface area (Å²) in [5.74, 6) is 0. The third-order valence-corrected chi connectivity index (χ3v) is 3.13. The van der Waals surface area contributed by atoms with Gasteiger partial charge in [0, 0.05) is 13.0 Å². The van der Waals surface area contributed by atoms with Crippen LogP contribution in [0, 0.1) is 11.3 Å². The van der Waals surface area contributed by atoms with Gasteiger partial charge in [-0.1, -0.05) is 6.92 Å². The largest absolute Gasteiger partial charge is 0.303 e. The number of hydrogen-bond acceptors (Lipinski definition) is 3. The summed E-state index contributed by atoms with van der Waals surface area (Å²) >= 11 is 0. The van der Waals surface area contributed by atoms with Gasteiger partial charge >= 0.3 is 0 Å². The van der Waals surface area contributed by atoms with E-state index in [0.29, 0.717) is 6.42 Å². The molecule has 0 aliphatic carbocycles. The lowest BCUT2D eigenvalue weighted by Crippen LogP contribution is -2.29. The molecule has 0 bridgehead atoms. The van der Waals surface area contributed by atoms with E-state index in [1.54, 1.807) is 0 Å². The Morgan fingerprint density at radius 2 is 2.00 bits per heavy atom. The second kappa shape index (κ2) is 7.67. The molecule has 3 heteroatoms. The molecule has 0 spiro atoms. The molecule has 1 aliphatic heterocycles. The highest BCUT2D eigenvalue weighted by molar-refractivity contribution is 4.72. The molecule has 0 radical (unpaired) electrons. The third kappa shape index (κ3) is 5.15. The summed E-state index contributed by atoms with van der Waals surface area (Å²) in [5, 5.41) is 8.52. The molecule has 0 saturated carbocycles. The van der Waals surface area contributed by atoms with Crippen LogP contribution in [0.25, 0.3) is 0 Å². The van der Waals surface area contributed by atoms with Gasteiger partial charge in [0.2, 0.25) is 0 Å². The minimum Gasteiger partial charge on any atom is -0.303 e. The van der Waals surface area contributed by atoms with E-state index in [9.17, 15) is 0 Å². The monoisotopic (exact) mass is 209 g/mol. The summed E-state index contributed by atoms with van der Waals surface area (Å²) in [6, 6.07) is 2.21. The molecule has 0 atom stereocenters. The fourth-order valence-corrected chi connectivity index (χ4v) is 2.16. The van der Waals surface area contributed by atoms with Gasteiger partial charge in [0.25, 0.3) is 0 Å². The lowest BCUT2D eigenvalue weighted by Gasteiger charge is -2.21. The Morgan fingerprint density at radius 1 is 1.27 bits per heavy atom.